The fraction of sp³-hybridized carbons (Fsp3) is 0.371. The van der Waals surface area contributed by atoms with Gasteiger partial charge in [0.1, 0.15) is 0 Å². The van der Waals surface area contributed by atoms with Gasteiger partial charge in [0.05, 0.1) is 35.6 Å². The van der Waals surface area contributed by atoms with Crippen LogP contribution in [0.1, 0.15) is 82.4 Å². The maximum atomic E-state index is 13.2. The second kappa shape index (κ2) is 12.3. The average molecular weight is 567 g/mol. The Hall–Kier alpha value is -3.62. The van der Waals surface area contributed by atoms with Crippen LogP contribution in [0.2, 0.25) is 0 Å². The number of nitrogens with zero attached hydrogens (tertiary/aromatic N) is 2. The number of fused-ring (bicyclic) bond motifs is 1. The van der Waals surface area contributed by atoms with E-state index < -0.39 is 6.29 Å². The molecule has 3 aromatic carbocycles. The molecule has 6 rings (SSSR count). The first kappa shape index (κ1) is 28.5. The molecule has 1 saturated carbocycles. The zero-order chi connectivity index (χ0) is 29.2. The van der Waals surface area contributed by atoms with Gasteiger partial charge in [0, 0.05) is 30.6 Å². The highest BCUT2D eigenvalue weighted by Gasteiger charge is 2.41. The van der Waals surface area contributed by atoms with Gasteiger partial charge in [-0.05, 0) is 48.2 Å². The largest absolute Gasteiger partial charge is 0.392 e. The van der Waals surface area contributed by atoms with Crippen molar-refractivity contribution in [2.75, 3.05) is 18.0 Å². The summed E-state index contributed by atoms with van der Waals surface area (Å²) in [6.07, 6.45) is 5.75. The number of amides is 2. The minimum atomic E-state index is -0.696. The Labute approximate surface area is 247 Å². The van der Waals surface area contributed by atoms with Gasteiger partial charge in [-0.1, -0.05) is 74.4 Å². The predicted molar refractivity (Wildman–Crippen MR) is 161 cm³/mol. The number of ether oxygens (including phenoxy) is 2. The fourth-order valence-electron chi connectivity index (χ4n) is 6.60. The first-order chi connectivity index (χ1) is 20.5. The number of aliphatic hydroxyl groups excluding tert-OH is 1. The Morgan fingerprint density at radius 1 is 0.929 bits per heavy atom. The van der Waals surface area contributed by atoms with E-state index in [-0.39, 0.29) is 36.5 Å². The third-order valence-electron chi connectivity index (χ3n) is 8.94. The topological polar surface area (TPSA) is 79.3 Å². The number of imide groups is 1. The summed E-state index contributed by atoms with van der Waals surface area (Å²) < 4.78 is 13.4. The van der Waals surface area contributed by atoms with E-state index >= 15 is 0 Å². The molecule has 2 heterocycles. The molecule has 42 heavy (non-hydrogen) atoms. The quantitative estimate of drug-likeness (QED) is 0.245. The monoisotopic (exact) mass is 566 g/mol. The van der Waals surface area contributed by atoms with Crippen LogP contribution in [-0.2, 0) is 16.1 Å². The van der Waals surface area contributed by atoms with Crippen molar-refractivity contribution in [2.24, 2.45) is 5.92 Å². The third kappa shape index (κ3) is 5.45. The summed E-state index contributed by atoms with van der Waals surface area (Å²) in [6.45, 7) is 7.72. The van der Waals surface area contributed by atoms with Crippen LogP contribution < -0.4 is 4.90 Å². The molecular weight excluding hydrogens is 528 g/mol. The lowest BCUT2D eigenvalue weighted by Gasteiger charge is -2.43. The molecule has 0 unspecified atom stereocenters. The Morgan fingerprint density at radius 2 is 1.62 bits per heavy atom. The van der Waals surface area contributed by atoms with Crippen molar-refractivity contribution < 1.29 is 24.2 Å². The number of hydrogen-bond acceptors (Lipinski definition) is 6. The minimum absolute atomic E-state index is 0.0157. The Morgan fingerprint density at radius 3 is 2.26 bits per heavy atom. The molecule has 1 N–H and O–H groups in total. The fourth-order valence-corrected chi connectivity index (χ4v) is 6.60. The molecule has 4 atom stereocenters. The molecule has 0 spiro atoms. The normalized spacial score (nSPS) is 24.4. The Kier molecular flexibility index (Phi) is 8.36. The van der Waals surface area contributed by atoms with Crippen LogP contribution in [0.4, 0.5) is 5.69 Å². The van der Waals surface area contributed by atoms with E-state index in [9.17, 15) is 14.7 Å². The van der Waals surface area contributed by atoms with Gasteiger partial charge in [-0.25, -0.2) is 4.90 Å². The molecule has 1 aliphatic carbocycles. The van der Waals surface area contributed by atoms with Gasteiger partial charge in [-0.2, -0.15) is 0 Å². The summed E-state index contributed by atoms with van der Waals surface area (Å²) in [6, 6.07) is 22.6. The van der Waals surface area contributed by atoms with Gasteiger partial charge in [0.2, 0.25) is 0 Å². The lowest BCUT2D eigenvalue weighted by Crippen LogP contribution is -2.47. The molecule has 3 aliphatic rings. The van der Waals surface area contributed by atoms with Crippen molar-refractivity contribution in [2.45, 2.75) is 63.8 Å². The maximum Gasteiger partial charge on any atom is 0.266 e. The minimum Gasteiger partial charge on any atom is -0.392 e. The van der Waals surface area contributed by atoms with Gasteiger partial charge in [-0.3, -0.25) is 14.5 Å². The number of benzene rings is 3. The summed E-state index contributed by atoms with van der Waals surface area (Å²) in [5.41, 5.74) is 3.92. The molecule has 2 fully saturated rings. The molecule has 7 heteroatoms. The highest BCUT2D eigenvalue weighted by Crippen LogP contribution is 2.43. The molecule has 2 aliphatic heterocycles. The number of carbonyl (C=O) groups is 2. The van der Waals surface area contributed by atoms with Crippen LogP contribution in [0, 0.1) is 5.92 Å². The van der Waals surface area contributed by atoms with Crippen molar-refractivity contribution in [1.29, 1.82) is 0 Å². The van der Waals surface area contributed by atoms with Crippen LogP contribution in [-0.4, -0.2) is 47.1 Å². The molecule has 1 saturated heterocycles. The van der Waals surface area contributed by atoms with Crippen LogP contribution in [0.5, 0.6) is 0 Å². The van der Waals surface area contributed by atoms with Crippen molar-refractivity contribution in [3.05, 3.63) is 113 Å². The average Bonchev–Trinajstić information content (AvgIpc) is 3.65. The third-order valence-corrected chi connectivity index (χ3v) is 8.94. The lowest BCUT2D eigenvalue weighted by molar-refractivity contribution is -0.276. The van der Waals surface area contributed by atoms with E-state index in [1.54, 1.807) is 30.3 Å². The highest BCUT2D eigenvalue weighted by molar-refractivity contribution is 6.34. The van der Waals surface area contributed by atoms with Crippen molar-refractivity contribution in [1.82, 2.24) is 4.90 Å². The highest BCUT2D eigenvalue weighted by atomic mass is 16.7. The van der Waals surface area contributed by atoms with E-state index in [0.29, 0.717) is 22.9 Å². The summed E-state index contributed by atoms with van der Waals surface area (Å²) in [4.78, 5) is 30.1. The van der Waals surface area contributed by atoms with Gasteiger partial charge in [0.15, 0.2) is 6.29 Å². The van der Waals surface area contributed by atoms with Crippen LogP contribution in [0.15, 0.2) is 85.5 Å². The standard InChI is InChI=1S/C35H38N2O5/c1-3-19-36(27-10-4-5-11-27)21-31-23(2)32(25-17-15-24(22-38)16-18-25)42-35(41-31)26-9-8-12-28(20-26)37-33(39)29-13-6-7-14-30(29)34(37)40/h3,6-9,12-18,20,23,27,31-32,35,38H,1,4-5,10-11,19,21-22H2,2H3/t23-,31+,32+,35+/m0/s1. The van der Waals surface area contributed by atoms with E-state index in [2.05, 4.69) is 18.4 Å². The smallest absolute Gasteiger partial charge is 0.266 e. The zero-order valence-corrected chi connectivity index (χ0v) is 24.0. The summed E-state index contributed by atoms with van der Waals surface area (Å²) in [5, 5.41) is 9.57. The predicted octanol–water partition coefficient (Wildman–Crippen LogP) is 6.20. The SMILES string of the molecule is C=CCN(C[C@H]1O[C@@H](c2cccc(N3C(=O)c4ccccc4C3=O)c2)O[C@@H](c2ccc(CO)cc2)[C@H]1C)C1CCCC1. The number of anilines is 1. The lowest BCUT2D eigenvalue weighted by atomic mass is 9.89. The zero-order valence-electron chi connectivity index (χ0n) is 24.0. The molecule has 0 bridgehead atoms. The van der Waals surface area contributed by atoms with Gasteiger partial charge < -0.3 is 14.6 Å². The van der Waals surface area contributed by atoms with Gasteiger partial charge >= 0.3 is 0 Å². The van der Waals surface area contributed by atoms with E-state index in [1.165, 1.54) is 30.6 Å². The number of hydrogen-bond donors (Lipinski definition) is 1. The molecule has 218 valence electrons. The van der Waals surface area contributed by atoms with Gasteiger partial charge in [0.25, 0.3) is 11.8 Å². The van der Waals surface area contributed by atoms with E-state index in [0.717, 1.165) is 29.8 Å². The summed E-state index contributed by atoms with van der Waals surface area (Å²) >= 11 is 0. The first-order valence-electron chi connectivity index (χ1n) is 14.9. The van der Waals surface area contributed by atoms with Crippen molar-refractivity contribution in [3.63, 3.8) is 0 Å². The van der Waals surface area contributed by atoms with Crippen LogP contribution in [0.3, 0.4) is 0 Å². The molecule has 0 radical (unpaired) electrons. The summed E-state index contributed by atoms with van der Waals surface area (Å²) in [5.74, 6) is -0.610. The van der Waals surface area contributed by atoms with E-state index in [4.69, 9.17) is 9.47 Å². The number of rotatable bonds is 9. The Balaban J connectivity index is 1.31. The molecule has 0 aromatic heterocycles. The summed E-state index contributed by atoms with van der Waals surface area (Å²) in [7, 11) is 0. The van der Waals surface area contributed by atoms with Crippen LogP contribution in [0.25, 0.3) is 0 Å². The van der Waals surface area contributed by atoms with Crippen molar-refractivity contribution in [3.8, 4) is 0 Å². The molecular formula is C35H38N2O5. The van der Waals surface area contributed by atoms with Crippen LogP contribution >= 0.6 is 0 Å². The van der Waals surface area contributed by atoms with Crippen molar-refractivity contribution >= 4 is 17.5 Å². The molecule has 3 aromatic rings. The molecule has 2 amide bonds. The second-order valence-electron chi connectivity index (χ2n) is 11.6. The second-order valence-corrected chi connectivity index (χ2v) is 11.6. The van der Waals surface area contributed by atoms with E-state index in [1.807, 2.05) is 48.5 Å². The van der Waals surface area contributed by atoms with Gasteiger partial charge in [-0.15, -0.1) is 6.58 Å². The number of aliphatic hydroxyl groups is 1. The maximum absolute atomic E-state index is 13.2. The molecule has 7 nitrogen and oxygen atoms in total. The number of carbonyl (C=O) groups excluding carboxylic acids is 2. The first-order valence-corrected chi connectivity index (χ1v) is 14.9. The Bertz CT molecular complexity index is 1410.